The Labute approximate surface area is 234 Å². The van der Waals surface area contributed by atoms with Gasteiger partial charge in [-0.1, -0.05) is 29.3 Å². The van der Waals surface area contributed by atoms with Crippen LogP contribution in [0.5, 0.6) is 0 Å². The van der Waals surface area contributed by atoms with E-state index in [1.54, 1.807) is 0 Å². The molecule has 1 aliphatic carbocycles. The molecule has 1 aliphatic rings. The van der Waals surface area contributed by atoms with Crippen molar-refractivity contribution >= 4 is 81.2 Å². The number of benzene rings is 3. The summed E-state index contributed by atoms with van der Waals surface area (Å²) in [4.78, 5) is 37.0. The Kier molecular flexibility index (Phi) is 7.86. The maximum absolute atomic E-state index is 14.7. The third-order valence-electron chi connectivity index (χ3n) is 5.76. The van der Waals surface area contributed by atoms with E-state index >= 15 is 0 Å². The smallest absolute Gasteiger partial charge is 0.257 e. The minimum absolute atomic E-state index is 0.0283. The van der Waals surface area contributed by atoms with Crippen LogP contribution in [-0.2, 0) is 9.59 Å². The SMILES string of the molecule is CC(=O)Nc1c(F)ccc(NC(=O)c2cc(NC(=O)[C@H]3[C@H](c4ccc(F)c(Cl)c4)C3(Cl)Cl)ccc2Cl)c1F. The number of carbonyl (C=O) groups is 3. The molecule has 0 spiro atoms. The maximum atomic E-state index is 14.7. The monoisotopic (exact) mass is 603 g/mol. The normalized spacial score (nSPS) is 17.5. The Morgan fingerprint density at radius 2 is 1.53 bits per heavy atom. The summed E-state index contributed by atoms with van der Waals surface area (Å²) in [5, 5.41) is 6.70. The van der Waals surface area contributed by atoms with Crippen molar-refractivity contribution in [3.8, 4) is 0 Å². The summed E-state index contributed by atoms with van der Waals surface area (Å²) in [6, 6.07) is 9.73. The first kappa shape index (κ1) is 28.0. The van der Waals surface area contributed by atoms with Crippen LogP contribution < -0.4 is 16.0 Å². The molecule has 0 bridgehead atoms. The maximum Gasteiger partial charge on any atom is 0.257 e. The van der Waals surface area contributed by atoms with Crippen molar-refractivity contribution in [2.24, 2.45) is 5.92 Å². The van der Waals surface area contributed by atoms with E-state index in [2.05, 4.69) is 10.6 Å². The Hall–Kier alpha value is -2.98. The minimum Gasteiger partial charge on any atom is -0.326 e. The average molecular weight is 605 g/mol. The molecule has 3 aromatic rings. The minimum atomic E-state index is -1.48. The lowest BCUT2D eigenvalue weighted by Gasteiger charge is -2.13. The lowest BCUT2D eigenvalue weighted by Crippen LogP contribution is -2.19. The van der Waals surface area contributed by atoms with Crippen molar-refractivity contribution in [1.29, 1.82) is 0 Å². The van der Waals surface area contributed by atoms with Crippen LogP contribution in [0.1, 0.15) is 28.8 Å². The molecule has 2 atom stereocenters. The van der Waals surface area contributed by atoms with Gasteiger partial charge in [0.15, 0.2) is 5.82 Å². The number of amides is 3. The van der Waals surface area contributed by atoms with Crippen molar-refractivity contribution in [3.63, 3.8) is 0 Å². The molecule has 3 aromatic carbocycles. The molecule has 38 heavy (non-hydrogen) atoms. The first-order valence-electron chi connectivity index (χ1n) is 10.8. The molecule has 0 heterocycles. The van der Waals surface area contributed by atoms with Gasteiger partial charge in [0.25, 0.3) is 5.91 Å². The van der Waals surface area contributed by atoms with Crippen molar-refractivity contribution in [2.45, 2.75) is 17.2 Å². The predicted octanol–water partition coefficient (Wildman–Crippen LogP) is 7.15. The number of hydrogen-bond donors (Lipinski definition) is 3. The molecule has 0 unspecified atom stereocenters. The van der Waals surface area contributed by atoms with E-state index in [0.29, 0.717) is 5.56 Å². The fourth-order valence-electron chi connectivity index (χ4n) is 3.90. The third-order valence-corrected chi connectivity index (χ3v) is 7.32. The lowest BCUT2D eigenvalue weighted by molar-refractivity contribution is -0.117. The van der Waals surface area contributed by atoms with Gasteiger partial charge in [-0.15, -0.1) is 23.2 Å². The van der Waals surface area contributed by atoms with Gasteiger partial charge < -0.3 is 16.0 Å². The second-order valence-corrected chi connectivity index (χ2v) is 10.7. The second kappa shape index (κ2) is 10.6. The number of alkyl halides is 2. The summed E-state index contributed by atoms with van der Waals surface area (Å²) < 4.78 is 40.7. The first-order valence-corrected chi connectivity index (χ1v) is 12.3. The van der Waals surface area contributed by atoms with E-state index in [-0.39, 0.29) is 21.3 Å². The number of anilines is 3. The Bertz CT molecular complexity index is 1490. The number of hydrogen-bond acceptors (Lipinski definition) is 3. The van der Waals surface area contributed by atoms with Crippen LogP contribution in [0.2, 0.25) is 10.0 Å². The van der Waals surface area contributed by atoms with Gasteiger partial charge in [-0.2, -0.15) is 0 Å². The Balaban J connectivity index is 1.52. The summed E-state index contributed by atoms with van der Waals surface area (Å²) in [6.45, 7) is 1.07. The van der Waals surface area contributed by atoms with Crippen LogP contribution in [-0.4, -0.2) is 22.1 Å². The summed E-state index contributed by atoms with van der Waals surface area (Å²) in [6.07, 6.45) is 0. The summed E-state index contributed by atoms with van der Waals surface area (Å²) in [7, 11) is 0. The number of halogens is 7. The summed E-state index contributed by atoms with van der Waals surface area (Å²) in [5.41, 5.74) is -0.671. The van der Waals surface area contributed by atoms with Crippen molar-refractivity contribution in [2.75, 3.05) is 16.0 Å². The Morgan fingerprint density at radius 3 is 2.18 bits per heavy atom. The zero-order valence-electron chi connectivity index (χ0n) is 19.1. The molecule has 198 valence electrons. The highest BCUT2D eigenvalue weighted by atomic mass is 35.5. The number of rotatable bonds is 6. The van der Waals surface area contributed by atoms with Crippen molar-refractivity contribution in [1.82, 2.24) is 0 Å². The van der Waals surface area contributed by atoms with E-state index in [9.17, 15) is 27.6 Å². The fraction of sp³-hybridized carbons (Fsp3) is 0.160. The van der Waals surface area contributed by atoms with E-state index in [4.69, 9.17) is 46.4 Å². The van der Waals surface area contributed by atoms with Gasteiger partial charge in [0.1, 0.15) is 21.7 Å². The molecular formula is C25H16Cl4F3N3O3. The molecule has 6 nitrogen and oxygen atoms in total. The van der Waals surface area contributed by atoms with Gasteiger partial charge >= 0.3 is 0 Å². The molecule has 13 heteroatoms. The van der Waals surface area contributed by atoms with Crippen LogP contribution in [0.3, 0.4) is 0 Å². The molecule has 1 saturated carbocycles. The van der Waals surface area contributed by atoms with Crippen LogP contribution >= 0.6 is 46.4 Å². The molecule has 3 amide bonds. The zero-order valence-corrected chi connectivity index (χ0v) is 22.2. The Morgan fingerprint density at radius 1 is 0.842 bits per heavy atom. The fourth-order valence-corrected chi connectivity index (χ4v) is 5.12. The third kappa shape index (κ3) is 5.56. The van der Waals surface area contributed by atoms with Crippen molar-refractivity contribution < 1.29 is 27.6 Å². The van der Waals surface area contributed by atoms with Crippen LogP contribution in [0.25, 0.3) is 0 Å². The first-order chi connectivity index (χ1) is 17.8. The molecule has 3 N–H and O–H groups in total. The van der Waals surface area contributed by atoms with Gasteiger partial charge in [-0.3, -0.25) is 14.4 Å². The molecule has 0 saturated heterocycles. The second-order valence-electron chi connectivity index (χ2n) is 8.41. The predicted molar refractivity (Wildman–Crippen MR) is 141 cm³/mol. The van der Waals surface area contributed by atoms with Gasteiger partial charge in [0, 0.05) is 18.5 Å². The van der Waals surface area contributed by atoms with Gasteiger partial charge in [-0.05, 0) is 48.0 Å². The highest BCUT2D eigenvalue weighted by Crippen LogP contribution is 2.65. The van der Waals surface area contributed by atoms with Crippen LogP contribution in [0.15, 0.2) is 48.5 Å². The lowest BCUT2D eigenvalue weighted by atomic mass is 10.1. The summed E-state index contributed by atoms with van der Waals surface area (Å²) in [5.74, 6) is -6.62. The topological polar surface area (TPSA) is 87.3 Å². The van der Waals surface area contributed by atoms with E-state index in [1.807, 2.05) is 5.32 Å². The zero-order chi connectivity index (χ0) is 27.9. The van der Waals surface area contributed by atoms with E-state index in [1.165, 1.54) is 30.3 Å². The number of carbonyl (C=O) groups excluding carboxylic acids is 3. The molecule has 1 fully saturated rings. The summed E-state index contributed by atoms with van der Waals surface area (Å²) >= 11 is 24.6. The quantitative estimate of drug-likeness (QED) is 0.261. The molecule has 0 radical (unpaired) electrons. The highest BCUT2D eigenvalue weighted by molar-refractivity contribution is 6.53. The molecule has 4 rings (SSSR count). The van der Waals surface area contributed by atoms with Crippen molar-refractivity contribution in [3.05, 3.63) is 87.2 Å². The molecular weight excluding hydrogens is 589 g/mol. The van der Waals surface area contributed by atoms with Crippen LogP contribution in [0.4, 0.5) is 30.2 Å². The van der Waals surface area contributed by atoms with Crippen LogP contribution in [0, 0.1) is 23.4 Å². The average Bonchev–Trinajstić information content (AvgIpc) is 3.43. The highest BCUT2D eigenvalue weighted by Gasteiger charge is 2.67. The molecule has 0 aliphatic heterocycles. The van der Waals surface area contributed by atoms with Gasteiger partial charge in [-0.25, -0.2) is 13.2 Å². The van der Waals surface area contributed by atoms with Gasteiger partial charge in [0.05, 0.1) is 27.2 Å². The molecule has 0 aromatic heterocycles. The largest absolute Gasteiger partial charge is 0.326 e. The standard InChI is InChI=1S/C25H16Cl4F3N3O3/c1-10(36)33-22-17(31)6-7-18(21(22)32)35-23(37)13-9-12(3-4-14(13)26)34-24(38)20-19(25(20,28)29)11-2-5-16(30)15(27)8-11/h2-9,19-20H,1H3,(H,33,36)(H,34,38)(H,35,37)/t19-,20+/m0/s1. The van der Waals surface area contributed by atoms with E-state index < -0.39 is 62.7 Å². The van der Waals surface area contributed by atoms with E-state index in [0.717, 1.165) is 25.1 Å². The van der Waals surface area contributed by atoms with Gasteiger partial charge in [0.2, 0.25) is 11.8 Å². The number of nitrogens with one attached hydrogen (secondary N) is 3.